The van der Waals surface area contributed by atoms with Crippen molar-refractivity contribution >= 4 is 50.6 Å². The maximum absolute atomic E-state index is 13.5. The van der Waals surface area contributed by atoms with E-state index in [-0.39, 0.29) is 23.3 Å². The summed E-state index contributed by atoms with van der Waals surface area (Å²) in [6.07, 6.45) is 3.71. The first kappa shape index (κ1) is 22.1. The van der Waals surface area contributed by atoms with Gasteiger partial charge in [-0.3, -0.25) is 14.2 Å². The minimum atomic E-state index is -0.0902. The predicted molar refractivity (Wildman–Crippen MR) is 138 cm³/mol. The van der Waals surface area contributed by atoms with Gasteiger partial charge in [0, 0.05) is 28.9 Å². The summed E-state index contributed by atoms with van der Waals surface area (Å²) in [5, 5.41) is 5.24. The molecule has 5 nitrogen and oxygen atoms in total. The average Bonchev–Trinajstić information content (AvgIpc) is 3.60. The van der Waals surface area contributed by atoms with Gasteiger partial charge in [-0.05, 0) is 29.9 Å². The standard InChI is InChI=1S/C25H23N3O2S3/c1-2-12-28-24(30)22-18(17-8-4-3-5-9-17)15-32-23(22)26-25(28)33-16-21(29)27-13-6-10-19(27)20-11-7-14-31-20/h2-5,7-9,11,14-15,19H,1,6,10,12-13,16H2. The number of thiophene rings is 2. The maximum atomic E-state index is 13.5. The van der Waals surface area contributed by atoms with Crippen LogP contribution in [-0.2, 0) is 11.3 Å². The van der Waals surface area contributed by atoms with Crippen LogP contribution in [0.4, 0.5) is 0 Å². The lowest BCUT2D eigenvalue weighted by molar-refractivity contribution is -0.129. The van der Waals surface area contributed by atoms with Crippen LogP contribution in [0.1, 0.15) is 23.8 Å². The van der Waals surface area contributed by atoms with Crippen LogP contribution in [0.5, 0.6) is 0 Å². The zero-order valence-corrected chi connectivity index (χ0v) is 20.4. The molecule has 1 aliphatic heterocycles. The third-order valence-electron chi connectivity index (χ3n) is 5.82. The molecule has 3 aromatic heterocycles. The Kier molecular flexibility index (Phi) is 6.48. The lowest BCUT2D eigenvalue weighted by Crippen LogP contribution is -2.32. The van der Waals surface area contributed by atoms with Crippen LogP contribution in [0.15, 0.2) is 75.8 Å². The smallest absolute Gasteiger partial charge is 0.263 e. The van der Waals surface area contributed by atoms with Crippen molar-refractivity contribution in [1.82, 2.24) is 14.5 Å². The number of benzene rings is 1. The Balaban J connectivity index is 1.43. The number of hydrogen-bond donors (Lipinski definition) is 0. The highest BCUT2D eigenvalue weighted by atomic mass is 32.2. The molecular formula is C25H23N3O2S3. The Bertz CT molecular complexity index is 1340. The van der Waals surface area contributed by atoms with Crippen molar-refractivity contribution in [2.24, 2.45) is 0 Å². The molecule has 1 fully saturated rings. The van der Waals surface area contributed by atoms with Crippen molar-refractivity contribution in [1.29, 1.82) is 0 Å². The van der Waals surface area contributed by atoms with E-state index < -0.39 is 0 Å². The molecule has 0 aliphatic carbocycles. The summed E-state index contributed by atoms with van der Waals surface area (Å²) in [5.41, 5.74) is 1.80. The number of aromatic nitrogens is 2. The summed E-state index contributed by atoms with van der Waals surface area (Å²) in [6, 6.07) is 14.2. The van der Waals surface area contributed by atoms with Gasteiger partial charge in [0.15, 0.2) is 5.16 Å². The Hall–Kier alpha value is -2.68. The minimum Gasteiger partial charge on any atom is -0.334 e. The van der Waals surface area contributed by atoms with Crippen LogP contribution < -0.4 is 5.56 Å². The second-order valence-electron chi connectivity index (χ2n) is 7.84. The number of carbonyl (C=O) groups is 1. The molecule has 1 aromatic carbocycles. The van der Waals surface area contributed by atoms with E-state index in [2.05, 4.69) is 18.0 Å². The highest BCUT2D eigenvalue weighted by Gasteiger charge is 2.30. The number of fused-ring (bicyclic) bond motifs is 1. The Morgan fingerprint density at radius 1 is 1.21 bits per heavy atom. The average molecular weight is 494 g/mol. The van der Waals surface area contributed by atoms with Crippen molar-refractivity contribution < 1.29 is 4.79 Å². The van der Waals surface area contributed by atoms with Crippen LogP contribution >= 0.6 is 34.4 Å². The van der Waals surface area contributed by atoms with Gasteiger partial charge in [-0.15, -0.1) is 29.3 Å². The number of allylic oxidation sites excluding steroid dienone is 1. The highest BCUT2D eigenvalue weighted by molar-refractivity contribution is 7.99. The third kappa shape index (κ3) is 4.30. The van der Waals surface area contributed by atoms with E-state index in [1.165, 1.54) is 28.0 Å². The van der Waals surface area contributed by atoms with Gasteiger partial charge in [0.25, 0.3) is 5.56 Å². The second-order valence-corrected chi connectivity index (χ2v) is 10.6. The van der Waals surface area contributed by atoms with E-state index in [0.717, 1.165) is 30.5 Å². The fourth-order valence-electron chi connectivity index (χ4n) is 4.29. The topological polar surface area (TPSA) is 55.2 Å². The Morgan fingerprint density at radius 3 is 2.82 bits per heavy atom. The molecule has 4 heterocycles. The molecule has 5 rings (SSSR count). The van der Waals surface area contributed by atoms with Gasteiger partial charge >= 0.3 is 0 Å². The SMILES string of the molecule is C=CCn1c(SCC(=O)N2CCCC2c2cccs2)nc2scc(-c3ccccc3)c2c1=O. The molecule has 1 atom stereocenters. The number of amides is 1. The van der Waals surface area contributed by atoms with Crippen LogP contribution in [-0.4, -0.2) is 32.7 Å². The number of thioether (sulfide) groups is 1. The molecule has 1 unspecified atom stereocenters. The van der Waals surface area contributed by atoms with Crippen LogP contribution in [0, 0.1) is 0 Å². The van der Waals surface area contributed by atoms with E-state index in [9.17, 15) is 9.59 Å². The van der Waals surface area contributed by atoms with Crippen LogP contribution in [0.3, 0.4) is 0 Å². The lowest BCUT2D eigenvalue weighted by Gasteiger charge is -2.24. The summed E-state index contributed by atoms with van der Waals surface area (Å²) >= 11 is 4.50. The molecule has 0 bridgehead atoms. The molecule has 0 saturated carbocycles. The highest BCUT2D eigenvalue weighted by Crippen LogP contribution is 2.36. The first-order valence-corrected chi connectivity index (χ1v) is 13.6. The largest absolute Gasteiger partial charge is 0.334 e. The fraction of sp³-hybridized carbons (Fsp3) is 0.240. The molecule has 0 radical (unpaired) electrons. The van der Waals surface area contributed by atoms with E-state index in [1.807, 2.05) is 46.7 Å². The quantitative estimate of drug-likeness (QED) is 0.185. The molecule has 1 saturated heterocycles. The normalized spacial score (nSPS) is 15.9. The zero-order chi connectivity index (χ0) is 22.8. The van der Waals surface area contributed by atoms with Crippen molar-refractivity contribution in [3.05, 3.63) is 81.1 Å². The first-order chi connectivity index (χ1) is 16.2. The molecule has 168 valence electrons. The van der Waals surface area contributed by atoms with E-state index in [0.29, 0.717) is 21.9 Å². The summed E-state index contributed by atoms with van der Waals surface area (Å²) in [6.45, 7) is 4.94. The van der Waals surface area contributed by atoms with Crippen molar-refractivity contribution in [2.45, 2.75) is 30.6 Å². The predicted octanol–water partition coefficient (Wildman–Crippen LogP) is 5.83. The van der Waals surface area contributed by atoms with Crippen molar-refractivity contribution in [2.75, 3.05) is 12.3 Å². The van der Waals surface area contributed by atoms with Crippen molar-refractivity contribution in [3.63, 3.8) is 0 Å². The van der Waals surface area contributed by atoms with Gasteiger partial charge in [-0.1, -0.05) is 54.2 Å². The van der Waals surface area contributed by atoms with Gasteiger partial charge in [0.1, 0.15) is 4.83 Å². The summed E-state index contributed by atoms with van der Waals surface area (Å²) in [7, 11) is 0. The third-order valence-corrected chi connectivity index (χ3v) is 8.63. The molecular weight excluding hydrogens is 470 g/mol. The zero-order valence-electron chi connectivity index (χ0n) is 18.0. The monoisotopic (exact) mass is 493 g/mol. The van der Waals surface area contributed by atoms with Gasteiger partial charge in [-0.25, -0.2) is 4.98 Å². The summed E-state index contributed by atoms with van der Waals surface area (Å²) in [4.78, 5) is 35.3. The number of rotatable bonds is 7. The van der Waals surface area contributed by atoms with Gasteiger partial charge in [0.05, 0.1) is 17.2 Å². The van der Waals surface area contributed by atoms with Crippen LogP contribution in [0.2, 0.25) is 0 Å². The summed E-state index contributed by atoms with van der Waals surface area (Å²) in [5.74, 6) is 0.347. The number of likely N-dealkylation sites (tertiary alicyclic amines) is 1. The van der Waals surface area contributed by atoms with E-state index >= 15 is 0 Å². The maximum Gasteiger partial charge on any atom is 0.263 e. The van der Waals surface area contributed by atoms with Gasteiger partial charge < -0.3 is 4.90 Å². The lowest BCUT2D eigenvalue weighted by atomic mass is 10.1. The molecule has 0 spiro atoms. The summed E-state index contributed by atoms with van der Waals surface area (Å²) < 4.78 is 1.63. The molecule has 33 heavy (non-hydrogen) atoms. The van der Waals surface area contributed by atoms with E-state index in [1.54, 1.807) is 22.0 Å². The van der Waals surface area contributed by atoms with Crippen LogP contribution in [0.25, 0.3) is 21.3 Å². The fourth-order valence-corrected chi connectivity index (χ4v) is 7.04. The molecule has 0 N–H and O–H groups in total. The number of nitrogens with zero attached hydrogens (tertiary/aromatic N) is 3. The number of hydrogen-bond acceptors (Lipinski definition) is 6. The Labute approximate surface area is 204 Å². The molecule has 1 aliphatic rings. The molecule has 8 heteroatoms. The first-order valence-electron chi connectivity index (χ1n) is 10.8. The molecule has 4 aromatic rings. The van der Waals surface area contributed by atoms with E-state index in [4.69, 9.17) is 4.98 Å². The second kappa shape index (κ2) is 9.67. The van der Waals surface area contributed by atoms with Gasteiger partial charge in [-0.2, -0.15) is 0 Å². The minimum absolute atomic E-state index is 0.0894. The number of carbonyl (C=O) groups excluding carboxylic acids is 1. The van der Waals surface area contributed by atoms with Gasteiger partial charge in [0.2, 0.25) is 5.91 Å². The van der Waals surface area contributed by atoms with Crippen molar-refractivity contribution in [3.8, 4) is 11.1 Å². The Morgan fingerprint density at radius 2 is 2.06 bits per heavy atom. The molecule has 1 amide bonds.